The maximum Gasteiger partial charge on any atom is 0.261 e. The molecule has 0 spiro atoms. The highest BCUT2D eigenvalue weighted by molar-refractivity contribution is 6.30. The van der Waals surface area contributed by atoms with Gasteiger partial charge in [0.05, 0.1) is 42.1 Å². The van der Waals surface area contributed by atoms with Crippen LogP contribution in [0.2, 0.25) is 5.02 Å². The third kappa shape index (κ3) is 6.44. The summed E-state index contributed by atoms with van der Waals surface area (Å²) in [5.41, 5.74) is 4.38. The number of hydrogen-bond donors (Lipinski definition) is 2. The van der Waals surface area contributed by atoms with Gasteiger partial charge in [-0.05, 0) is 59.4 Å². The van der Waals surface area contributed by atoms with Crippen molar-refractivity contribution in [3.8, 4) is 0 Å². The first-order chi connectivity index (χ1) is 23.2. The second kappa shape index (κ2) is 13.6. The summed E-state index contributed by atoms with van der Waals surface area (Å²) >= 11 is 6.09. The second-order valence-electron chi connectivity index (χ2n) is 13.1. The van der Waals surface area contributed by atoms with Gasteiger partial charge in [-0.1, -0.05) is 91.3 Å². The number of ether oxygens (including phenoxy) is 2. The molecule has 0 radical (unpaired) electrons. The molecule has 0 aromatic heterocycles. The van der Waals surface area contributed by atoms with Crippen LogP contribution in [0.1, 0.15) is 80.7 Å². The Kier molecular flexibility index (Phi) is 9.22. The van der Waals surface area contributed by atoms with E-state index in [1.165, 1.54) is 4.90 Å². The molecular formula is C39H39ClN2O6. The number of carbonyl (C=O) groups excluding carboxylic acids is 2. The molecule has 4 atom stereocenters. The van der Waals surface area contributed by atoms with Crippen molar-refractivity contribution in [1.29, 1.82) is 0 Å². The summed E-state index contributed by atoms with van der Waals surface area (Å²) in [5, 5.41) is 21.7. The molecule has 4 unspecified atom stereocenters. The van der Waals surface area contributed by atoms with E-state index in [9.17, 15) is 19.8 Å². The summed E-state index contributed by atoms with van der Waals surface area (Å²) in [4.78, 5) is 29.5. The molecule has 7 rings (SSSR count). The average molecular weight is 667 g/mol. The average Bonchev–Trinajstić information content (AvgIpc) is 3.35. The van der Waals surface area contributed by atoms with Gasteiger partial charge < -0.3 is 24.6 Å². The molecule has 3 aliphatic heterocycles. The van der Waals surface area contributed by atoms with Crippen molar-refractivity contribution >= 4 is 23.4 Å². The first-order valence-corrected chi connectivity index (χ1v) is 16.9. The van der Waals surface area contributed by atoms with Crippen LogP contribution < -0.4 is 0 Å². The highest BCUT2D eigenvalue weighted by atomic mass is 35.5. The van der Waals surface area contributed by atoms with Gasteiger partial charge >= 0.3 is 0 Å². The fourth-order valence-electron chi connectivity index (χ4n) is 7.08. The lowest BCUT2D eigenvalue weighted by molar-refractivity contribution is -0.277. The predicted molar refractivity (Wildman–Crippen MR) is 181 cm³/mol. The summed E-state index contributed by atoms with van der Waals surface area (Å²) in [6, 6.07) is 29.9. The third-order valence-corrected chi connectivity index (χ3v) is 10.3. The number of imide groups is 1. The van der Waals surface area contributed by atoms with E-state index in [0.29, 0.717) is 35.5 Å². The van der Waals surface area contributed by atoms with E-state index in [1.807, 2.05) is 72.8 Å². The summed E-state index contributed by atoms with van der Waals surface area (Å²) < 4.78 is 13.3. The van der Waals surface area contributed by atoms with Crippen molar-refractivity contribution in [2.45, 2.75) is 57.0 Å². The predicted octanol–water partition coefficient (Wildman–Crippen LogP) is 6.40. The molecule has 248 valence electrons. The summed E-state index contributed by atoms with van der Waals surface area (Å²) in [5.74, 6) is -0.545. The first-order valence-electron chi connectivity index (χ1n) is 16.5. The smallest absolute Gasteiger partial charge is 0.261 e. The number of aliphatic hydroxyl groups excluding tert-OH is 1. The minimum atomic E-state index is -0.891. The molecule has 2 saturated heterocycles. The fraction of sp³-hybridized carbons (Fsp3) is 0.333. The molecule has 2 N–H and O–H groups in total. The highest BCUT2D eigenvalue weighted by Crippen LogP contribution is 2.43. The number of fused-ring (bicyclic) bond motifs is 1. The Hall–Kier alpha value is -3.89. The Labute approximate surface area is 285 Å². The lowest BCUT2D eigenvalue weighted by atomic mass is 9.84. The normalized spacial score (nSPS) is 24.1. The maximum atomic E-state index is 12.9. The number of piperidine rings is 1. The van der Waals surface area contributed by atoms with E-state index in [-0.39, 0.29) is 43.1 Å². The number of benzene rings is 4. The Morgan fingerprint density at radius 1 is 0.792 bits per heavy atom. The summed E-state index contributed by atoms with van der Waals surface area (Å²) in [7, 11) is 0. The standard InChI is InChI=1S/C39H39ClN2O6/c1-25-34(23-41-20-18-39(46,19-21-41)30-14-16-31(40)17-15-30)47-38(48-35(25)28-10-8-27(24-43)9-11-28)29-12-6-26(7-13-29)22-42-36(44)32-4-2-3-5-33(32)37(42)45/h2-17,25,34-35,38,43,46H,18-24H2,1H3. The van der Waals surface area contributed by atoms with E-state index < -0.39 is 11.9 Å². The minimum absolute atomic E-state index is 0.0198. The van der Waals surface area contributed by atoms with Gasteiger partial charge in [0.15, 0.2) is 6.29 Å². The zero-order valence-corrected chi connectivity index (χ0v) is 27.6. The number of nitrogens with zero attached hydrogens (tertiary/aromatic N) is 2. The van der Waals surface area contributed by atoms with Crippen molar-refractivity contribution in [2.24, 2.45) is 5.92 Å². The van der Waals surface area contributed by atoms with Crippen molar-refractivity contribution in [2.75, 3.05) is 19.6 Å². The van der Waals surface area contributed by atoms with Crippen molar-refractivity contribution in [1.82, 2.24) is 9.80 Å². The van der Waals surface area contributed by atoms with E-state index in [1.54, 1.807) is 24.3 Å². The lowest BCUT2D eigenvalue weighted by Crippen LogP contribution is -2.49. The van der Waals surface area contributed by atoms with E-state index in [4.69, 9.17) is 21.1 Å². The van der Waals surface area contributed by atoms with E-state index in [0.717, 1.165) is 40.9 Å². The third-order valence-electron chi connectivity index (χ3n) is 10.1. The van der Waals surface area contributed by atoms with Gasteiger partial charge in [0.2, 0.25) is 0 Å². The Bertz CT molecular complexity index is 1730. The largest absolute Gasteiger partial charge is 0.392 e. The number of carbonyl (C=O) groups is 2. The van der Waals surface area contributed by atoms with Crippen LogP contribution in [-0.2, 0) is 28.2 Å². The van der Waals surface area contributed by atoms with Gasteiger partial charge in [-0.15, -0.1) is 0 Å². The molecule has 0 aliphatic carbocycles. The Morgan fingerprint density at radius 3 is 1.98 bits per heavy atom. The van der Waals surface area contributed by atoms with Gasteiger partial charge in [0.25, 0.3) is 11.8 Å². The molecule has 8 nitrogen and oxygen atoms in total. The molecule has 2 amide bonds. The maximum absolute atomic E-state index is 12.9. The van der Waals surface area contributed by atoms with Gasteiger partial charge in [0.1, 0.15) is 0 Å². The number of halogens is 1. The van der Waals surface area contributed by atoms with Crippen LogP contribution in [0, 0.1) is 5.92 Å². The van der Waals surface area contributed by atoms with Gasteiger partial charge in [-0.2, -0.15) is 0 Å². The summed E-state index contributed by atoms with van der Waals surface area (Å²) in [6.07, 6.45) is 0.159. The quantitative estimate of drug-likeness (QED) is 0.210. The Morgan fingerprint density at radius 2 is 1.38 bits per heavy atom. The van der Waals surface area contributed by atoms with E-state index >= 15 is 0 Å². The SMILES string of the molecule is CC1C(CN2CCC(O)(c3ccc(Cl)cc3)CC2)OC(c2ccc(CN3C(=O)c4ccccc4C3=O)cc2)OC1c1ccc(CO)cc1. The molecule has 3 heterocycles. The van der Waals surface area contributed by atoms with Crippen molar-refractivity contribution in [3.05, 3.63) is 141 Å². The number of rotatable bonds is 8. The molecule has 3 aliphatic rings. The fourth-order valence-corrected chi connectivity index (χ4v) is 7.21. The van der Waals surface area contributed by atoms with Crippen LogP contribution >= 0.6 is 11.6 Å². The van der Waals surface area contributed by atoms with Gasteiger partial charge in [0, 0.05) is 36.1 Å². The monoisotopic (exact) mass is 666 g/mol. The molecule has 0 bridgehead atoms. The number of aliphatic hydroxyl groups is 2. The van der Waals surface area contributed by atoms with E-state index in [2.05, 4.69) is 11.8 Å². The molecule has 4 aromatic rings. The van der Waals surface area contributed by atoms with Crippen LogP contribution in [0.15, 0.2) is 97.1 Å². The van der Waals surface area contributed by atoms with Crippen LogP contribution in [-0.4, -0.2) is 57.6 Å². The van der Waals surface area contributed by atoms with Crippen molar-refractivity contribution in [3.63, 3.8) is 0 Å². The number of amides is 2. The highest BCUT2D eigenvalue weighted by Gasteiger charge is 2.41. The zero-order valence-electron chi connectivity index (χ0n) is 26.8. The summed E-state index contributed by atoms with van der Waals surface area (Å²) in [6.45, 7) is 4.42. The molecular weight excluding hydrogens is 628 g/mol. The zero-order chi connectivity index (χ0) is 33.4. The van der Waals surface area contributed by atoms with Gasteiger partial charge in [-0.3, -0.25) is 14.5 Å². The van der Waals surface area contributed by atoms with Crippen LogP contribution in [0.5, 0.6) is 0 Å². The first kappa shape index (κ1) is 32.6. The van der Waals surface area contributed by atoms with Crippen molar-refractivity contribution < 1.29 is 29.3 Å². The minimum Gasteiger partial charge on any atom is -0.392 e. The number of likely N-dealkylation sites (tertiary alicyclic amines) is 1. The molecule has 2 fully saturated rings. The van der Waals surface area contributed by atoms with Gasteiger partial charge in [-0.25, -0.2) is 0 Å². The molecule has 0 saturated carbocycles. The number of hydrogen-bond acceptors (Lipinski definition) is 7. The molecule has 4 aromatic carbocycles. The van der Waals surface area contributed by atoms with Crippen LogP contribution in [0.3, 0.4) is 0 Å². The van der Waals surface area contributed by atoms with Crippen LogP contribution in [0.4, 0.5) is 0 Å². The molecule has 48 heavy (non-hydrogen) atoms. The van der Waals surface area contributed by atoms with Crippen LogP contribution in [0.25, 0.3) is 0 Å². The Balaban J connectivity index is 1.07. The molecule has 9 heteroatoms. The lowest BCUT2D eigenvalue weighted by Gasteiger charge is -2.45. The topological polar surface area (TPSA) is 99.5 Å². The second-order valence-corrected chi connectivity index (χ2v) is 13.6.